The van der Waals surface area contributed by atoms with Crippen LogP contribution in [0.25, 0.3) is 0 Å². The standard InChI is InChI=1S/C23H19N2P/c1-4-12-20(13-5-1)25-26(21-14-6-2-7-15-21,22-16-8-3-9-17-22)23-18-10-11-19-24-23/h1-19H. The van der Waals surface area contributed by atoms with Gasteiger partial charge in [0, 0.05) is 16.8 Å². The summed E-state index contributed by atoms with van der Waals surface area (Å²) in [7, 11) is -2.26. The van der Waals surface area contributed by atoms with Gasteiger partial charge in [-0.15, -0.1) is 0 Å². The molecule has 0 unspecified atom stereocenters. The second kappa shape index (κ2) is 7.51. The Hall–Kier alpha value is -2.96. The SMILES string of the molecule is c1ccc(N=P(c2ccccc2)(c2ccccc2)c2ccccn2)cc1. The highest BCUT2D eigenvalue weighted by Crippen LogP contribution is 2.48. The Balaban J connectivity index is 2.13. The van der Waals surface area contributed by atoms with Gasteiger partial charge in [-0.3, -0.25) is 9.73 Å². The van der Waals surface area contributed by atoms with E-state index in [0.29, 0.717) is 0 Å². The van der Waals surface area contributed by atoms with E-state index in [1.807, 2.05) is 48.7 Å². The number of benzene rings is 3. The third-order valence-electron chi connectivity index (χ3n) is 4.26. The predicted octanol–water partition coefficient (Wildman–Crippen LogP) is 4.89. The zero-order valence-electron chi connectivity index (χ0n) is 14.3. The van der Waals surface area contributed by atoms with Crippen molar-refractivity contribution in [2.45, 2.75) is 0 Å². The molecule has 0 atom stereocenters. The smallest absolute Gasteiger partial charge is 0.0887 e. The number of rotatable bonds is 4. The zero-order valence-corrected chi connectivity index (χ0v) is 15.2. The molecule has 1 heterocycles. The molecule has 0 saturated carbocycles. The topological polar surface area (TPSA) is 25.2 Å². The molecule has 0 spiro atoms. The summed E-state index contributed by atoms with van der Waals surface area (Å²) >= 11 is 0. The van der Waals surface area contributed by atoms with Crippen molar-refractivity contribution in [2.75, 3.05) is 0 Å². The number of hydrogen-bond acceptors (Lipinski definition) is 2. The molecule has 0 amide bonds. The lowest BCUT2D eigenvalue weighted by Gasteiger charge is -2.25. The van der Waals surface area contributed by atoms with Crippen molar-refractivity contribution < 1.29 is 0 Å². The fourth-order valence-electron chi connectivity index (χ4n) is 3.08. The highest BCUT2D eigenvalue weighted by molar-refractivity contribution is 7.87. The van der Waals surface area contributed by atoms with Crippen molar-refractivity contribution in [1.82, 2.24) is 4.98 Å². The van der Waals surface area contributed by atoms with Gasteiger partial charge in [0.05, 0.1) is 18.2 Å². The van der Waals surface area contributed by atoms with Crippen LogP contribution in [-0.2, 0) is 0 Å². The van der Waals surface area contributed by atoms with E-state index in [1.165, 1.54) is 10.6 Å². The van der Waals surface area contributed by atoms with Gasteiger partial charge < -0.3 is 0 Å². The van der Waals surface area contributed by atoms with Gasteiger partial charge in [0.2, 0.25) is 0 Å². The summed E-state index contributed by atoms with van der Waals surface area (Å²) < 4.78 is 5.35. The van der Waals surface area contributed by atoms with E-state index in [1.54, 1.807) is 0 Å². The Labute approximate surface area is 154 Å². The first kappa shape index (κ1) is 16.5. The Bertz CT molecular complexity index is 911. The Morgan fingerprint density at radius 2 is 1.04 bits per heavy atom. The van der Waals surface area contributed by atoms with Crippen LogP contribution in [0, 0.1) is 0 Å². The Morgan fingerprint density at radius 1 is 0.538 bits per heavy atom. The van der Waals surface area contributed by atoms with Crippen molar-refractivity contribution in [3.63, 3.8) is 0 Å². The van der Waals surface area contributed by atoms with Crippen LogP contribution in [0.1, 0.15) is 0 Å². The molecule has 3 heteroatoms. The van der Waals surface area contributed by atoms with E-state index >= 15 is 0 Å². The van der Waals surface area contributed by atoms with Gasteiger partial charge in [-0.25, -0.2) is 0 Å². The van der Waals surface area contributed by atoms with Crippen LogP contribution in [-0.4, -0.2) is 4.98 Å². The zero-order chi connectivity index (χ0) is 17.7. The molecular formula is C23H19N2P. The summed E-state index contributed by atoms with van der Waals surface area (Å²) in [5, 5.41) is 2.41. The van der Waals surface area contributed by atoms with Crippen LogP contribution in [0.4, 0.5) is 5.69 Å². The minimum atomic E-state index is -2.26. The number of pyridine rings is 1. The minimum absolute atomic E-state index is 0.971. The Morgan fingerprint density at radius 3 is 1.54 bits per heavy atom. The van der Waals surface area contributed by atoms with Crippen LogP contribution < -0.4 is 16.0 Å². The lowest BCUT2D eigenvalue weighted by molar-refractivity contribution is 1.38. The van der Waals surface area contributed by atoms with E-state index in [4.69, 9.17) is 9.73 Å². The van der Waals surface area contributed by atoms with E-state index in [-0.39, 0.29) is 0 Å². The number of hydrogen-bond donors (Lipinski definition) is 0. The van der Waals surface area contributed by atoms with Crippen LogP contribution >= 0.6 is 7.05 Å². The van der Waals surface area contributed by atoms with E-state index in [9.17, 15) is 0 Å². The first-order valence-electron chi connectivity index (χ1n) is 8.60. The van der Waals surface area contributed by atoms with Gasteiger partial charge in [0.15, 0.2) is 0 Å². The third kappa shape index (κ3) is 3.12. The van der Waals surface area contributed by atoms with E-state index in [0.717, 1.165) is 11.1 Å². The molecule has 0 radical (unpaired) electrons. The van der Waals surface area contributed by atoms with Gasteiger partial charge in [0.25, 0.3) is 0 Å². The van der Waals surface area contributed by atoms with Crippen LogP contribution in [0.5, 0.6) is 0 Å². The van der Waals surface area contributed by atoms with E-state index < -0.39 is 7.05 Å². The lowest BCUT2D eigenvalue weighted by Crippen LogP contribution is -2.27. The quantitative estimate of drug-likeness (QED) is 0.479. The molecule has 0 bridgehead atoms. The molecule has 3 aromatic carbocycles. The van der Waals surface area contributed by atoms with Gasteiger partial charge in [-0.2, -0.15) is 0 Å². The van der Waals surface area contributed by atoms with Gasteiger partial charge in [-0.05, 0) is 24.3 Å². The maximum absolute atomic E-state index is 5.35. The molecule has 0 aliphatic heterocycles. The van der Waals surface area contributed by atoms with Crippen LogP contribution in [0.3, 0.4) is 0 Å². The normalized spacial score (nSPS) is 11.1. The number of nitrogens with zero attached hydrogens (tertiary/aromatic N) is 2. The fourth-order valence-corrected chi connectivity index (χ4v) is 6.46. The second-order valence-electron chi connectivity index (χ2n) is 5.93. The maximum atomic E-state index is 5.35. The summed E-state index contributed by atoms with van der Waals surface area (Å²) in [5.74, 6) is 0. The van der Waals surface area contributed by atoms with Crippen molar-refractivity contribution >= 4 is 28.8 Å². The summed E-state index contributed by atoms with van der Waals surface area (Å²) in [5.41, 5.74) is 1.99. The third-order valence-corrected chi connectivity index (χ3v) is 7.81. The average molecular weight is 354 g/mol. The summed E-state index contributed by atoms with van der Waals surface area (Å²) in [6.45, 7) is 0. The molecular weight excluding hydrogens is 335 g/mol. The van der Waals surface area contributed by atoms with Crippen LogP contribution in [0.15, 0.2) is 120 Å². The average Bonchev–Trinajstić information content (AvgIpc) is 2.75. The molecule has 0 fully saturated rings. The molecule has 0 saturated heterocycles. The summed E-state index contributed by atoms with van der Waals surface area (Å²) in [6.07, 6.45) is 1.86. The fraction of sp³-hybridized carbons (Fsp3) is 0. The van der Waals surface area contributed by atoms with Crippen molar-refractivity contribution in [1.29, 1.82) is 0 Å². The lowest BCUT2D eigenvalue weighted by atomic mass is 10.3. The molecule has 26 heavy (non-hydrogen) atoms. The molecule has 0 aliphatic rings. The second-order valence-corrected chi connectivity index (χ2v) is 8.89. The molecule has 0 aliphatic carbocycles. The molecule has 126 valence electrons. The predicted molar refractivity (Wildman–Crippen MR) is 111 cm³/mol. The molecule has 2 nitrogen and oxygen atoms in total. The largest absolute Gasteiger partial charge is 0.254 e. The van der Waals surface area contributed by atoms with E-state index in [2.05, 4.69) is 66.7 Å². The Kier molecular flexibility index (Phi) is 4.77. The monoisotopic (exact) mass is 354 g/mol. The van der Waals surface area contributed by atoms with Crippen molar-refractivity contribution in [2.24, 2.45) is 4.74 Å². The summed E-state index contributed by atoms with van der Waals surface area (Å²) in [6, 6.07) is 37.4. The minimum Gasteiger partial charge on any atom is -0.254 e. The highest BCUT2D eigenvalue weighted by atomic mass is 31.2. The molecule has 1 aromatic heterocycles. The van der Waals surface area contributed by atoms with Gasteiger partial charge in [0.1, 0.15) is 0 Å². The van der Waals surface area contributed by atoms with Crippen molar-refractivity contribution in [3.8, 4) is 0 Å². The van der Waals surface area contributed by atoms with Gasteiger partial charge in [-0.1, -0.05) is 84.9 Å². The van der Waals surface area contributed by atoms with Crippen molar-refractivity contribution in [3.05, 3.63) is 115 Å². The first-order valence-corrected chi connectivity index (χ1v) is 10.3. The summed E-state index contributed by atoms with van der Waals surface area (Å²) in [4.78, 5) is 4.76. The highest BCUT2D eigenvalue weighted by Gasteiger charge is 2.28. The number of aromatic nitrogens is 1. The van der Waals surface area contributed by atoms with Gasteiger partial charge >= 0.3 is 0 Å². The maximum Gasteiger partial charge on any atom is 0.0887 e. The molecule has 4 rings (SSSR count). The van der Waals surface area contributed by atoms with Crippen LogP contribution in [0.2, 0.25) is 0 Å². The molecule has 0 N–H and O–H groups in total. The first-order chi connectivity index (χ1) is 12.9. The molecule has 4 aromatic rings.